The summed E-state index contributed by atoms with van der Waals surface area (Å²) in [4.78, 5) is 0. The van der Waals surface area contributed by atoms with Crippen molar-refractivity contribution < 1.29 is 9.47 Å². The molecular weight excluding hydrogens is 613 g/mol. The van der Waals surface area contributed by atoms with Crippen LogP contribution in [0.4, 0.5) is 0 Å². The Morgan fingerprint density at radius 1 is 0.469 bits per heavy atom. The molecule has 6 saturated carbocycles. The largest absolute Gasteiger partial charge is 0.376 e. The van der Waals surface area contributed by atoms with E-state index in [1.54, 1.807) is 50.6 Å². The molecule has 6 rings (SSSR count). The summed E-state index contributed by atoms with van der Waals surface area (Å²) in [5.74, 6) is 11.9. The molecule has 0 spiro atoms. The second kappa shape index (κ2) is 15.9. The van der Waals surface area contributed by atoms with E-state index in [2.05, 4.69) is 69.2 Å². The van der Waals surface area contributed by atoms with E-state index in [9.17, 15) is 0 Å². The van der Waals surface area contributed by atoms with Crippen LogP contribution in [0.15, 0.2) is 0 Å². The Balaban J connectivity index is 1.13. The van der Waals surface area contributed by atoms with Gasteiger partial charge in [0.2, 0.25) is 0 Å². The predicted molar refractivity (Wildman–Crippen MR) is 213 cm³/mol. The second-order valence-corrected chi connectivity index (χ2v) is 26.9. The average Bonchev–Trinajstić information content (AvgIpc) is 3.60. The first-order valence-electron chi connectivity index (χ1n) is 22.5. The third kappa shape index (κ3) is 8.45. The van der Waals surface area contributed by atoms with Crippen LogP contribution < -0.4 is 0 Å². The van der Waals surface area contributed by atoms with Crippen LogP contribution in [0.2, 0.25) is 23.2 Å². The summed E-state index contributed by atoms with van der Waals surface area (Å²) in [6, 6.07) is 3.15. The standard InChI is InChI=1S/C46H84O2Si/c1-11-49(12-2,43-31(3)27-41-37(15-13-17-39(41)43)35-23-19-33(20-24-35)29-47-45(5,6)7)44-32(4)28-42-38(16-14-18-40(42)44)36-25-21-34(22-26-36)30-48-46(8,9)10/h31-44H,11-30H2,1-10H3. The maximum Gasteiger partial charge on any atom is 0.0603 e. The Hall–Kier alpha value is 0.137. The van der Waals surface area contributed by atoms with Crippen LogP contribution in [0.25, 0.3) is 0 Å². The average molecular weight is 697 g/mol. The van der Waals surface area contributed by atoms with Gasteiger partial charge in [0.05, 0.1) is 32.5 Å². The zero-order valence-corrected chi connectivity index (χ0v) is 35.5. The van der Waals surface area contributed by atoms with Crippen molar-refractivity contribution >= 4 is 8.07 Å². The van der Waals surface area contributed by atoms with E-state index in [0.717, 1.165) is 95.3 Å². The maximum absolute atomic E-state index is 6.27. The zero-order valence-electron chi connectivity index (χ0n) is 34.5. The van der Waals surface area contributed by atoms with Gasteiger partial charge in [0.1, 0.15) is 0 Å². The molecule has 0 heterocycles. The van der Waals surface area contributed by atoms with Crippen molar-refractivity contribution in [2.75, 3.05) is 13.2 Å². The number of fused-ring (bicyclic) bond motifs is 2. The molecule has 0 saturated heterocycles. The Kier molecular flexibility index (Phi) is 12.6. The van der Waals surface area contributed by atoms with Gasteiger partial charge < -0.3 is 9.47 Å². The lowest BCUT2D eigenvalue weighted by Crippen LogP contribution is -2.51. The van der Waals surface area contributed by atoms with Gasteiger partial charge >= 0.3 is 0 Å². The molecule has 0 aromatic heterocycles. The topological polar surface area (TPSA) is 18.5 Å². The summed E-state index contributed by atoms with van der Waals surface area (Å²) in [6.07, 6.45) is 24.2. The molecule has 49 heavy (non-hydrogen) atoms. The van der Waals surface area contributed by atoms with Crippen LogP contribution in [0, 0.1) is 71.0 Å². The minimum atomic E-state index is -1.49. The van der Waals surface area contributed by atoms with Crippen LogP contribution in [0.1, 0.15) is 172 Å². The first kappa shape index (κ1) is 38.8. The van der Waals surface area contributed by atoms with Crippen LogP contribution in [-0.2, 0) is 9.47 Å². The molecule has 0 aliphatic heterocycles. The third-order valence-corrected chi connectivity index (χ3v) is 24.2. The summed E-state index contributed by atoms with van der Waals surface area (Å²) in [5.41, 5.74) is 2.23. The van der Waals surface area contributed by atoms with Crippen molar-refractivity contribution in [1.29, 1.82) is 0 Å². The Labute approximate surface area is 307 Å². The minimum absolute atomic E-state index is 0.00778. The molecule has 0 N–H and O–H groups in total. The number of hydrogen-bond acceptors (Lipinski definition) is 2. The first-order chi connectivity index (χ1) is 23.2. The second-order valence-electron chi connectivity index (χ2n) is 21.7. The van der Waals surface area contributed by atoms with Crippen molar-refractivity contribution in [3.63, 3.8) is 0 Å². The van der Waals surface area contributed by atoms with Crippen LogP contribution >= 0.6 is 0 Å². The van der Waals surface area contributed by atoms with Gasteiger partial charge in [0.15, 0.2) is 0 Å². The van der Waals surface area contributed by atoms with Gasteiger partial charge in [-0.1, -0.05) is 65.5 Å². The highest BCUT2D eigenvalue weighted by atomic mass is 28.3. The molecule has 0 bridgehead atoms. The Morgan fingerprint density at radius 3 is 1.14 bits per heavy atom. The van der Waals surface area contributed by atoms with E-state index >= 15 is 0 Å². The van der Waals surface area contributed by atoms with Crippen LogP contribution in [0.3, 0.4) is 0 Å². The van der Waals surface area contributed by atoms with E-state index in [1.165, 1.54) is 64.2 Å². The molecule has 0 aromatic carbocycles. The van der Waals surface area contributed by atoms with Gasteiger partial charge in [-0.25, -0.2) is 0 Å². The molecular formula is C46H84O2Si. The molecule has 0 aromatic rings. The monoisotopic (exact) mass is 697 g/mol. The van der Waals surface area contributed by atoms with Crippen molar-refractivity contribution in [1.82, 2.24) is 0 Å². The number of rotatable bonds is 10. The quantitative estimate of drug-likeness (QED) is 0.212. The fourth-order valence-electron chi connectivity index (χ4n) is 15.1. The zero-order chi connectivity index (χ0) is 35.1. The third-order valence-electron chi connectivity index (χ3n) is 16.9. The highest BCUT2D eigenvalue weighted by Crippen LogP contribution is 2.69. The molecule has 284 valence electrons. The molecule has 0 amide bonds. The molecule has 10 unspecified atom stereocenters. The summed E-state index contributed by atoms with van der Waals surface area (Å²) in [5, 5.41) is 0. The summed E-state index contributed by atoms with van der Waals surface area (Å²) in [6.45, 7) is 26.4. The first-order valence-corrected chi connectivity index (χ1v) is 25.1. The van der Waals surface area contributed by atoms with Crippen molar-refractivity contribution in [3.8, 4) is 0 Å². The van der Waals surface area contributed by atoms with E-state index in [-0.39, 0.29) is 11.2 Å². The van der Waals surface area contributed by atoms with Gasteiger partial charge in [-0.3, -0.25) is 0 Å². The van der Waals surface area contributed by atoms with E-state index < -0.39 is 8.07 Å². The molecule has 10 atom stereocenters. The molecule has 6 aliphatic rings. The van der Waals surface area contributed by atoms with Crippen molar-refractivity contribution in [2.45, 2.75) is 206 Å². The molecule has 2 nitrogen and oxygen atoms in total. The van der Waals surface area contributed by atoms with Gasteiger partial charge in [-0.05, 0) is 201 Å². The summed E-state index contributed by atoms with van der Waals surface area (Å²) in [7, 11) is -1.49. The van der Waals surface area contributed by atoms with Crippen molar-refractivity contribution in [2.24, 2.45) is 71.0 Å². The molecule has 6 aliphatic carbocycles. The van der Waals surface area contributed by atoms with Crippen molar-refractivity contribution in [3.05, 3.63) is 0 Å². The Morgan fingerprint density at radius 2 is 0.816 bits per heavy atom. The molecule has 3 heteroatoms. The fourth-order valence-corrected chi connectivity index (χ4v) is 23.0. The predicted octanol–water partition coefficient (Wildman–Crippen LogP) is 13.6. The van der Waals surface area contributed by atoms with E-state index in [0.29, 0.717) is 0 Å². The van der Waals surface area contributed by atoms with Gasteiger partial charge in [-0.15, -0.1) is 0 Å². The van der Waals surface area contributed by atoms with Gasteiger partial charge in [0, 0.05) is 0 Å². The molecule has 6 fully saturated rings. The summed E-state index contributed by atoms with van der Waals surface area (Å²) >= 11 is 0. The van der Waals surface area contributed by atoms with Gasteiger partial charge in [-0.2, -0.15) is 0 Å². The lowest BCUT2D eigenvalue weighted by molar-refractivity contribution is -0.0343. The normalized spacial score (nSPS) is 43.7. The SMILES string of the molecule is CC[Si](CC)(C1C(C)CC2C(C3CCC(COC(C)(C)C)CC3)CCCC21)C1C(C)CC2C(C3CCC(COC(C)(C)C)CC3)CCCC21. The lowest BCUT2D eigenvalue weighted by Gasteiger charge is -2.53. The fraction of sp³-hybridized carbons (Fsp3) is 1.00. The van der Waals surface area contributed by atoms with Gasteiger partial charge in [0.25, 0.3) is 0 Å². The minimum Gasteiger partial charge on any atom is -0.376 e. The van der Waals surface area contributed by atoms with Crippen LogP contribution in [0.5, 0.6) is 0 Å². The summed E-state index contributed by atoms with van der Waals surface area (Å²) < 4.78 is 12.5. The maximum atomic E-state index is 6.27. The molecule has 0 radical (unpaired) electrons. The highest BCUT2D eigenvalue weighted by Gasteiger charge is 2.62. The number of ether oxygens (including phenoxy) is 2. The van der Waals surface area contributed by atoms with E-state index in [4.69, 9.17) is 9.47 Å². The lowest BCUT2D eigenvalue weighted by atomic mass is 9.64. The highest BCUT2D eigenvalue weighted by molar-refractivity contribution is 6.82. The Bertz CT molecular complexity index is 943. The van der Waals surface area contributed by atoms with Crippen LogP contribution in [-0.4, -0.2) is 32.5 Å². The smallest absolute Gasteiger partial charge is 0.0603 e. The van der Waals surface area contributed by atoms with E-state index in [1.807, 2.05) is 0 Å². The number of hydrogen-bond donors (Lipinski definition) is 0.